The van der Waals surface area contributed by atoms with Gasteiger partial charge < -0.3 is 0 Å². The van der Waals surface area contributed by atoms with Crippen LogP contribution in [0.4, 0.5) is 0 Å². The third kappa shape index (κ3) is 3.21. The van der Waals surface area contributed by atoms with E-state index in [1.165, 1.54) is 36.2 Å². The van der Waals surface area contributed by atoms with Gasteiger partial charge in [0.15, 0.2) is 0 Å². The zero-order valence-electron chi connectivity index (χ0n) is 14.8. The molecule has 128 valence electrons. The number of hydrogen-bond acceptors (Lipinski definition) is 3. The molecule has 25 heavy (non-hydrogen) atoms. The molecule has 1 aliphatic rings. The summed E-state index contributed by atoms with van der Waals surface area (Å²) >= 11 is 0. The highest BCUT2D eigenvalue weighted by atomic mass is 15.3. The van der Waals surface area contributed by atoms with Crippen molar-refractivity contribution in [3.63, 3.8) is 0 Å². The number of hydrogen-bond donors (Lipinski definition) is 0. The maximum atomic E-state index is 4.66. The Morgan fingerprint density at radius 2 is 1.84 bits per heavy atom. The number of nitrogens with zero attached hydrogens (tertiary/aromatic N) is 4. The molecule has 4 heteroatoms. The highest BCUT2D eigenvalue weighted by molar-refractivity contribution is 5.63. The average Bonchev–Trinajstić information content (AvgIpc) is 2.92. The van der Waals surface area contributed by atoms with Gasteiger partial charge in [-0.25, -0.2) is 4.68 Å². The summed E-state index contributed by atoms with van der Waals surface area (Å²) in [6.45, 7) is 2.20. The Balaban J connectivity index is 1.78. The molecule has 0 radical (unpaired) electrons. The molecule has 0 saturated heterocycles. The molecule has 0 unspecified atom stereocenters. The Kier molecular flexibility index (Phi) is 4.59. The van der Waals surface area contributed by atoms with Crippen molar-refractivity contribution in [1.29, 1.82) is 0 Å². The zero-order chi connectivity index (χ0) is 17.1. The molecule has 2 aromatic heterocycles. The molecule has 0 saturated carbocycles. The summed E-state index contributed by atoms with van der Waals surface area (Å²) in [5.41, 5.74) is 6.96. The molecule has 3 aromatic rings. The summed E-state index contributed by atoms with van der Waals surface area (Å²) in [7, 11) is 0. The number of rotatable bonds is 4. The molecule has 1 aromatic carbocycles. The van der Waals surface area contributed by atoms with Crippen LogP contribution in [0.1, 0.15) is 49.6 Å². The number of benzene rings is 1. The predicted molar refractivity (Wildman–Crippen MR) is 99.8 cm³/mol. The summed E-state index contributed by atoms with van der Waals surface area (Å²) < 4.78 is 2.05. The van der Waals surface area contributed by atoms with Crippen molar-refractivity contribution >= 4 is 0 Å². The Bertz CT molecular complexity index is 852. The van der Waals surface area contributed by atoms with Crippen LogP contribution in [0, 0.1) is 0 Å². The number of fused-ring (bicyclic) bond motifs is 1. The van der Waals surface area contributed by atoms with Crippen molar-refractivity contribution in [2.24, 2.45) is 0 Å². The van der Waals surface area contributed by atoms with E-state index in [0.717, 1.165) is 42.6 Å². The Hall–Kier alpha value is -2.49. The minimum atomic E-state index is 0.964. The fourth-order valence-corrected chi connectivity index (χ4v) is 3.66. The molecule has 1 aliphatic carbocycles. The van der Waals surface area contributed by atoms with Gasteiger partial charge in [0, 0.05) is 5.56 Å². The van der Waals surface area contributed by atoms with Gasteiger partial charge in [-0.1, -0.05) is 38.0 Å². The van der Waals surface area contributed by atoms with Gasteiger partial charge in [-0.15, -0.1) is 0 Å². The van der Waals surface area contributed by atoms with Gasteiger partial charge in [-0.2, -0.15) is 15.3 Å². The van der Waals surface area contributed by atoms with Gasteiger partial charge in [0.05, 0.1) is 29.0 Å². The van der Waals surface area contributed by atoms with E-state index in [2.05, 4.69) is 52.6 Å². The number of aromatic nitrogens is 4. The second-order valence-corrected chi connectivity index (χ2v) is 6.76. The first-order valence-electron chi connectivity index (χ1n) is 9.35. The molecule has 0 atom stereocenters. The molecule has 4 rings (SSSR count). The van der Waals surface area contributed by atoms with Crippen molar-refractivity contribution in [3.05, 3.63) is 59.5 Å². The summed E-state index contributed by atoms with van der Waals surface area (Å²) in [4.78, 5) is 0. The van der Waals surface area contributed by atoms with E-state index in [0.29, 0.717) is 0 Å². The molecule has 0 amide bonds. The van der Waals surface area contributed by atoms with Gasteiger partial charge in [0.1, 0.15) is 0 Å². The maximum Gasteiger partial charge on any atom is 0.0967 e. The van der Waals surface area contributed by atoms with Crippen LogP contribution in [0.3, 0.4) is 0 Å². The average molecular weight is 332 g/mol. The molecule has 0 N–H and O–H groups in total. The quantitative estimate of drug-likeness (QED) is 0.658. The van der Waals surface area contributed by atoms with E-state index in [9.17, 15) is 0 Å². The molecule has 4 nitrogen and oxygen atoms in total. The van der Waals surface area contributed by atoms with Gasteiger partial charge in [-0.3, -0.25) is 0 Å². The summed E-state index contributed by atoms with van der Waals surface area (Å²) in [6, 6.07) is 12.6. The summed E-state index contributed by atoms with van der Waals surface area (Å²) in [6.07, 6.45) is 9.95. The lowest BCUT2D eigenvalue weighted by molar-refractivity contribution is 0.706. The monoisotopic (exact) mass is 332 g/mol. The minimum Gasteiger partial charge on any atom is -0.237 e. The van der Waals surface area contributed by atoms with Crippen LogP contribution < -0.4 is 0 Å². The fraction of sp³-hybridized carbons (Fsp3) is 0.381. The van der Waals surface area contributed by atoms with Crippen LogP contribution in [0.5, 0.6) is 0 Å². The first kappa shape index (κ1) is 16.0. The van der Waals surface area contributed by atoms with Crippen LogP contribution in [0.15, 0.2) is 42.6 Å². The standard InChI is InChI=1S/C21H24N4/c1-2-9-21-18(15-22-25(21)17-11-6-4-7-12-17)20-14-16-10-5-3-8-13-19(16)23-24-20/h4,6-7,11-12,14-15H,2-3,5,8-10,13H2,1H3. The van der Waals surface area contributed by atoms with E-state index in [-0.39, 0.29) is 0 Å². The highest BCUT2D eigenvalue weighted by Crippen LogP contribution is 2.28. The van der Waals surface area contributed by atoms with Crippen LogP contribution in [0.2, 0.25) is 0 Å². The van der Waals surface area contributed by atoms with Crippen LogP contribution in [-0.2, 0) is 19.3 Å². The molecule has 2 heterocycles. The van der Waals surface area contributed by atoms with Crippen LogP contribution >= 0.6 is 0 Å². The fourth-order valence-electron chi connectivity index (χ4n) is 3.66. The largest absolute Gasteiger partial charge is 0.237 e. The van der Waals surface area contributed by atoms with Crippen molar-refractivity contribution < 1.29 is 0 Å². The predicted octanol–water partition coefficient (Wildman–Crippen LogP) is 4.55. The van der Waals surface area contributed by atoms with Gasteiger partial charge in [0.25, 0.3) is 0 Å². The number of para-hydroxylation sites is 1. The first-order chi connectivity index (χ1) is 12.4. The minimum absolute atomic E-state index is 0.964. The zero-order valence-corrected chi connectivity index (χ0v) is 14.8. The molecule has 0 aliphatic heterocycles. The lowest BCUT2D eigenvalue weighted by atomic mass is 10.0. The maximum absolute atomic E-state index is 4.66. The second kappa shape index (κ2) is 7.18. The van der Waals surface area contributed by atoms with E-state index in [4.69, 9.17) is 0 Å². The smallest absolute Gasteiger partial charge is 0.0967 e. The molecule has 0 spiro atoms. The number of aryl methyl sites for hydroxylation is 2. The third-order valence-electron chi connectivity index (χ3n) is 4.95. The topological polar surface area (TPSA) is 43.6 Å². The van der Waals surface area contributed by atoms with Gasteiger partial charge >= 0.3 is 0 Å². The Morgan fingerprint density at radius 1 is 1.00 bits per heavy atom. The van der Waals surface area contributed by atoms with Crippen molar-refractivity contribution in [2.75, 3.05) is 0 Å². The third-order valence-corrected chi connectivity index (χ3v) is 4.95. The van der Waals surface area contributed by atoms with Crippen LogP contribution in [0.25, 0.3) is 16.9 Å². The lowest BCUT2D eigenvalue weighted by Crippen LogP contribution is -2.04. The van der Waals surface area contributed by atoms with Gasteiger partial charge in [0.2, 0.25) is 0 Å². The van der Waals surface area contributed by atoms with Crippen molar-refractivity contribution in [3.8, 4) is 16.9 Å². The second-order valence-electron chi connectivity index (χ2n) is 6.76. The molecule has 0 bridgehead atoms. The Morgan fingerprint density at radius 3 is 2.68 bits per heavy atom. The van der Waals surface area contributed by atoms with E-state index in [1.807, 2.05) is 16.9 Å². The highest BCUT2D eigenvalue weighted by Gasteiger charge is 2.17. The summed E-state index contributed by atoms with van der Waals surface area (Å²) in [5.74, 6) is 0. The van der Waals surface area contributed by atoms with E-state index < -0.39 is 0 Å². The van der Waals surface area contributed by atoms with Crippen molar-refractivity contribution in [1.82, 2.24) is 20.0 Å². The molecular formula is C21H24N4. The first-order valence-corrected chi connectivity index (χ1v) is 9.35. The summed E-state index contributed by atoms with van der Waals surface area (Å²) in [5, 5.41) is 13.8. The molecule has 0 fully saturated rings. The van der Waals surface area contributed by atoms with Gasteiger partial charge in [-0.05, 0) is 55.9 Å². The van der Waals surface area contributed by atoms with E-state index >= 15 is 0 Å². The lowest BCUT2D eigenvalue weighted by Gasteiger charge is -2.10. The molecular weight excluding hydrogens is 308 g/mol. The van der Waals surface area contributed by atoms with Crippen LogP contribution in [-0.4, -0.2) is 20.0 Å². The normalized spacial score (nSPS) is 14.1. The van der Waals surface area contributed by atoms with Crippen molar-refractivity contribution in [2.45, 2.75) is 51.9 Å². The SMILES string of the molecule is CCCc1c(-c2cc3c(nn2)CCCCC3)cnn1-c1ccccc1. The van der Waals surface area contributed by atoms with E-state index in [1.54, 1.807) is 0 Å². The Labute approximate surface area is 148 Å².